The van der Waals surface area contributed by atoms with Gasteiger partial charge in [0, 0.05) is 5.75 Å². The molecule has 94 valence electrons. The number of nitrogens with zero attached hydrogens (tertiary/aromatic N) is 4. The smallest absolute Gasteiger partial charge is 0.323 e. The zero-order valence-electron chi connectivity index (χ0n) is 10.3. The quantitative estimate of drug-likeness (QED) is 0.772. The second kappa shape index (κ2) is 4.07. The van der Waals surface area contributed by atoms with Crippen LogP contribution in [0.3, 0.4) is 0 Å². The molecule has 0 spiro atoms. The fourth-order valence-corrected chi connectivity index (χ4v) is 3.33. The Morgan fingerprint density at radius 3 is 2.83 bits per heavy atom. The normalized spacial score (nSPS) is 21.6. The van der Waals surface area contributed by atoms with Gasteiger partial charge in [0.05, 0.1) is 0 Å². The Hall–Kier alpha value is -1.40. The summed E-state index contributed by atoms with van der Waals surface area (Å²) in [4.78, 5) is 0. The zero-order chi connectivity index (χ0) is 12.8. The maximum absolute atomic E-state index is 10.0. The van der Waals surface area contributed by atoms with Gasteiger partial charge in [-0.25, -0.2) is 0 Å². The van der Waals surface area contributed by atoms with Gasteiger partial charge in [-0.15, -0.1) is 4.68 Å². The van der Waals surface area contributed by atoms with Gasteiger partial charge < -0.3 is 5.11 Å². The van der Waals surface area contributed by atoms with E-state index in [1.165, 1.54) is 0 Å². The van der Waals surface area contributed by atoms with Crippen LogP contribution in [0.15, 0.2) is 35.5 Å². The summed E-state index contributed by atoms with van der Waals surface area (Å²) >= 11 is 1.58. The minimum Gasteiger partial charge on any atom is -0.388 e. The third kappa shape index (κ3) is 1.64. The minimum atomic E-state index is -0.423. The van der Waals surface area contributed by atoms with E-state index in [1.54, 1.807) is 16.4 Å². The Morgan fingerprint density at radius 2 is 2.11 bits per heavy atom. The fourth-order valence-electron chi connectivity index (χ4n) is 1.96. The third-order valence-electron chi connectivity index (χ3n) is 3.31. The average Bonchev–Trinajstić information content (AvgIpc) is 2.80. The van der Waals surface area contributed by atoms with E-state index >= 15 is 0 Å². The van der Waals surface area contributed by atoms with Gasteiger partial charge in [0.25, 0.3) is 0 Å². The second-order valence-electron chi connectivity index (χ2n) is 4.90. The Balaban J connectivity index is 2.12. The molecule has 0 fully saturated rings. The van der Waals surface area contributed by atoms with Crippen molar-refractivity contribution in [1.82, 2.24) is 15.1 Å². The molecule has 1 aliphatic rings. The second-order valence-corrected chi connectivity index (χ2v) is 5.89. The molecule has 6 heteroatoms. The van der Waals surface area contributed by atoms with E-state index in [0.717, 1.165) is 10.8 Å². The largest absolute Gasteiger partial charge is 0.388 e. The van der Waals surface area contributed by atoms with Crippen LogP contribution in [-0.2, 0) is 5.54 Å². The maximum Gasteiger partial charge on any atom is 0.323 e. The first-order valence-electron chi connectivity index (χ1n) is 5.85. The van der Waals surface area contributed by atoms with Crippen LogP contribution in [0.25, 0.3) is 5.69 Å². The van der Waals surface area contributed by atoms with E-state index in [1.807, 2.05) is 48.9 Å². The summed E-state index contributed by atoms with van der Waals surface area (Å²) < 4.78 is 3.62. The predicted octanol–water partition coefficient (Wildman–Crippen LogP) is 0.756. The molecule has 0 aliphatic carbocycles. The number of thioether (sulfide) groups is 1. The molecule has 18 heavy (non-hydrogen) atoms. The molecule has 1 N–H and O–H groups in total. The summed E-state index contributed by atoms with van der Waals surface area (Å²) in [6.07, 6.45) is -0.416. The lowest BCUT2D eigenvalue weighted by molar-refractivity contribution is -0.848. The number of para-hydroxylation sites is 1. The lowest BCUT2D eigenvalue weighted by Crippen LogP contribution is -2.64. The van der Waals surface area contributed by atoms with Crippen LogP contribution < -0.4 is 4.68 Å². The first-order chi connectivity index (χ1) is 8.60. The number of rotatable bonds is 1. The van der Waals surface area contributed by atoms with Gasteiger partial charge in [0.1, 0.15) is 22.5 Å². The van der Waals surface area contributed by atoms with E-state index in [0.29, 0.717) is 5.75 Å². The molecule has 3 rings (SSSR count). The monoisotopic (exact) mass is 263 g/mol. The molecular formula is C12H15N4OS+. The highest BCUT2D eigenvalue weighted by molar-refractivity contribution is 7.99. The molecule has 0 amide bonds. The standard InChI is InChI=1S/C12H15N4OS/c1-12(2)10(17)8-18-11-15(13-14-16(11)12)9-6-4-3-5-7-9/h3-7,10,17H,8H2,1-2H3/q+1. The van der Waals surface area contributed by atoms with Crippen LogP contribution in [0.4, 0.5) is 0 Å². The summed E-state index contributed by atoms with van der Waals surface area (Å²) in [5.74, 6) is 0.660. The van der Waals surface area contributed by atoms with Crippen LogP contribution in [0.2, 0.25) is 0 Å². The number of aromatic nitrogens is 4. The topological polar surface area (TPSA) is 54.8 Å². The van der Waals surface area contributed by atoms with Gasteiger partial charge >= 0.3 is 5.16 Å². The lowest BCUT2D eigenvalue weighted by atomic mass is 9.99. The molecule has 0 saturated carbocycles. The van der Waals surface area contributed by atoms with Crippen molar-refractivity contribution in [2.45, 2.75) is 30.6 Å². The molecule has 0 saturated heterocycles. The van der Waals surface area contributed by atoms with Crippen molar-refractivity contribution in [2.75, 3.05) is 5.75 Å². The summed E-state index contributed by atoms with van der Waals surface area (Å²) in [5.41, 5.74) is 0.562. The number of aliphatic hydroxyl groups excluding tert-OH is 1. The van der Waals surface area contributed by atoms with Crippen molar-refractivity contribution < 1.29 is 9.79 Å². The van der Waals surface area contributed by atoms with Crippen molar-refractivity contribution in [1.29, 1.82) is 0 Å². The van der Waals surface area contributed by atoms with Crippen molar-refractivity contribution in [2.24, 2.45) is 0 Å². The minimum absolute atomic E-state index is 0.416. The van der Waals surface area contributed by atoms with Gasteiger partial charge in [-0.05, 0) is 42.4 Å². The van der Waals surface area contributed by atoms with Gasteiger partial charge in [-0.1, -0.05) is 18.2 Å². The summed E-state index contributed by atoms with van der Waals surface area (Å²) in [6.45, 7) is 3.95. The van der Waals surface area contributed by atoms with Crippen LogP contribution in [0.5, 0.6) is 0 Å². The Kier molecular flexibility index (Phi) is 2.64. The molecule has 1 aromatic carbocycles. The Morgan fingerprint density at radius 1 is 1.39 bits per heavy atom. The van der Waals surface area contributed by atoms with E-state index in [2.05, 4.69) is 10.4 Å². The number of tetrazole rings is 1. The molecule has 2 heterocycles. The van der Waals surface area contributed by atoms with Crippen LogP contribution in [0, 0.1) is 0 Å². The lowest BCUT2D eigenvalue weighted by Gasteiger charge is -2.30. The number of fused-ring (bicyclic) bond motifs is 1. The average molecular weight is 263 g/mol. The first kappa shape index (κ1) is 11.7. The molecular weight excluding hydrogens is 248 g/mol. The molecule has 2 aromatic rings. The van der Waals surface area contributed by atoms with Crippen LogP contribution >= 0.6 is 11.8 Å². The molecule has 0 bridgehead atoms. The van der Waals surface area contributed by atoms with Gasteiger partial charge in [0.15, 0.2) is 5.21 Å². The van der Waals surface area contributed by atoms with E-state index in [9.17, 15) is 5.11 Å². The molecule has 1 atom stereocenters. The number of hydrogen-bond acceptors (Lipinski definition) is 4. The highest BCUT2D eigenvalue weighted by atomic mass is 32.2. The molecule has 1 aromatic heterocycles. The van der Waals surface area contributed by atoms with Crippen LogP contribution in [0.1, 0.15) is 13.8 Å². The van der Waals surface area contributed by atoms with E-state index in [4.69, 9.17) is 0 Å². The summed E-state index contributed by atoms with van der Waals surface area (Å²) in [6, 6.07) is 9.91. The van der Waals surface area contributed by atoms with Crippen molar-refractivity contribution in [3.8, 4) is 5.69 Å². The highest BCUT2D eigenvalue weighted by Gasteiger charge is 2.44. The van der Waals surface area contributed by atoms with Crippen molar-refractivity contribution in [3.63, 3.8) is 0 Å². The third-order valence-corrected chi connectivity index (χ3v) is 4.40. The zero-order valence-corrected chi connectivity index (χ0v) is 11.1. The summed E-state index contributed by atoms with van der Waals surface area (Å²) in [5, 5.41) is 19.4. The van der Waals surface area contributed by atoms with Gasteiger partial charge in [-0.2, -0.15) is 0 Å². The maximum atomic E-state index is 10.0. The van der Waals surface area contributed by atoms with Crippen molar-refractivity contribution in [3.05, 3.63) is 30.3 Å². The van der Waals surface area contributed by atoms with Gasteiger partial charge in [-0.3, -0.25) is 0 Å². The number of benzene rings is 1. The van der Waals surface area contributed by atoms with Crippen LogP contribution in [-0.4, -0.2) is 32.1 Å². The van der Waals surface area contributed by atoms with E-state index < -0.39 is 11.6 Å². The first-order valence-corrected chi connectivity index (χ1v) is 6.84. The number of aliphatic hydroxyl groups is 1. The van der Waals surface area contributed by atoms with Crippen molar-refractivity contribution >= 4 is 11.8 Å². The summed E-state index contributed by atoms with van der Waals surface area (Å²) in [7, 11) is 0. The van der Waals surface area contributed by atoms with Gasteiger partial charge in [0.2, 0.25) is 0 Å². The molecule has 0 radical (unpaired) electrons. The molecule has 5 nitrogen and oxygen atoms in total. The predicted molar refractivity (Wildman–Crippen MR) is 67.6 cm³/mol. The Bertz CT molecular complexity index is 567. The molecule has 1 aliphatic heterocycles. The highest BCUT2D eigenvalue weighted by Crippen LogP contribution is 2.29. The number of hydrogen-bond donors (Lipinski definition) is 1. The SMILES string of the molecule is CC1(C)C(O)CSc2n(-c3ccccc3)nn[n+]21. The van der Waals surface area contributed by atoms with E-state index in [-0.39, 0.29) is 0 Å². The Labute approximate surface area is 109 Å². The fraction of sp³-hybridized carbons (Fsp3) is 0.417. The molecule has 1 unspecified atom stereocenters.